The van der Waals surface area contributed by atoms with E-state index >= 15 is 0 Å². The summed E-state index contributed by atoms with van der Waals surface area (Å²) in [6, 6.07) is 3.54. The van der Waals surface area contributed by atoms with Gasteiger partial charge in [-0.25, -0.2) is 4.79 Å². The average molecular weight is 319 g/mol. The van der Waals surface area contributed by atoms with Crippen LogP contribution in [0.3, 0.4) is 0 Å². The molecule has 1 N–H and O–H groups in total. The molecule has 114 valence electrons. The highest BCUT2D eigenvalue weighted by Gasteiger charge is 2.16. The molecule has 0 saturated carbocycles. The van der Waals surface area contributed by atoms with Gasteiger partial charge < -0.3 is 10.1 Å². The number of thiophene rings is 1. The van der Waals surface area contributed by atoms with Gasteiger partial charge in [0.05, 0.1) is 11.6 Å². The van der Waals surface area contributed by atoms with E-state index < -0.39 is 5.97 Å². The van der Waals surface area contributed by atoms with Crippen LogP contribution in [0.2, 0.25) is 0 Å². The number of carbonyl (C=O) groups excluding carboxylic acids is 2. The van der Waals surface area contributed by atoms with Crippen LogP contribution in [-0.2, 0) is 16.1 Å². The van der Waals surface area contributed by atoms with Crippen molar-refractivity contribution in [2.45, 2.75) is 20.4 Å². The third-order valence-corrected chi connectivity index (χ3v) is 3.80. The molecular weight excluding hydrogens is 306 g/mol. The van der Waals surface area contributed by atoms with Crippen LogP contribution in [0.1, 0.15) is 28.0 Å². The highest BCUT2D eigenvalue weighted by molar-refractivity contribution is 7.18. The van der Waals surface area contributed by atoms with Crippen molar-refractivity contribution in [3.8, 4) is 6.07 Å². The van der Waals surface area contributed by atoms with Crippen LogP contribution in [-0.4, -0.2) is 33.2 Å². The van der Waals surface area contributed by atoms with E-state index in [0.29, 0.717) is 16.5 Å². The number of aromatic nitrogens is 3. The number of nitriles is 1. The van der Waals surface area contributed by atoms with Crippen LogP contribution >= 0.6 is 11.3 Å². The predicted molar refractivity (Wildman–Crippen MR) is 78.4 cm³/mol. The van der Waals surface area contributed by atoms with Crippen molar-refractivity contribution >= 4 is 28.2 Å². The Hall–Kier alpha value is -2.73. The zero-order valence-electron chi connectivity index (χ0n) is 12.0. The van der Waals surface area contributed by atoms with Crippen molar-refractivity contribution in [3.63, 3.8) is 0 Å². The van der Waals surface area contributed by atoms with Crippen LogP contribution in [0, 0.1) is 18.3 Å². The molecule has 0 aliphatic heterocycles. The normalized spacial score (nSPS) is 10.0. The molecule has 0 spiro atoms. The zero-order valence-corrected chi connectivity index (χ0v) is 12.8. The Morgan fingerprint density at radius 2 is 2.32 bits per heavy atom. The van der Waals surface area contributed by atoms with E-state index in [-0.39, 0.29) is 18.3 Å². The van der Waals surface area contributed by atoms with Crippen molar-refractivity contribution in [2.75, 3.05) is 11.9 Å². The fourth-order valence-electron chi connectivity index (χ4n) is 1.73. The molecule has 0 radical (unpaired) electrons. The van der Waals surface area contributed by atoms with Gasteiger partial charge in [-0.3, -0.25) is 9.36 Å². The number of aryl methyl sites for hydroxylation is 1. The van der Waals surface area contributed by atoms with E-state index in [0.717, 1.165) is 16.9 Å². The van der Waals surface area contributed by atoms with Crippen molar-refractivity contribution < 1.29 is 14.3 Å². The van der Waals surface area contributed by atoms with Gasteiger partial charge in [0.15, 0.2) is 0 Å². The second-order valence-electron chi connectivity index (χ2n) is 4.29. The summed E-state index contributed by atoms with van der Waals surface area (Å²) < 4.78 is 6.28. The summed E-state index contributed by atoms with van der Waals surface area (Å²) in [6.07, 6.45) is 1.31. The monoisotopic (exact) mass is 319 g/mol. The van der Waals surface area contributed by atoms with Gasteiger partial charge in [0, 0.05) is 0 Å². The maximum atomic E-state index is 12.0. The SMILES string of the molecule is CCOC(=O)c1sc(NC(=O)Cn2cnnc2C#N)cc1C. The molecule has 2 aromatic rings. The van der Waals surface area contributed by atoms with Gasteiger partial charge in [0.25, 0.3) is 0 Å². The van der Waals surface area contributed by atoms with Crippen molar-refractivity contribution in [1.29, 1.82) is 5.26 Å². The Morgan fingerprint density at radius 3 is 3.00 bits per heavy atom. The minimum absolute atomic E-state index is 0.0599. The molecule has 0 saturated heterocycles. The maximum absolute atomic E-state index is 12.0. The van der Waals surface area contributed by atoms with Gasteiger partial charge in [-0.05, 0) is 25.5 Å². The third-order valence-electron chi connectivity index (χ3n) is 2.67. The van der Waals surface area contributed by atoms with Crippen molar-refractivity contribution in [1.82, 2.24) is 14.8 Å². The fourth-order valence-corrected chi connectivity index (χ4v) is 2.71. The first-order valence-corrected chi connectivity index (χ1v) is 7.22. The highest BCUT2D eigenvalue weighted by atomic mass is 32.1. The summed E-state index contributed by atoms with van der Waals surface area (Å²) in [5.41, 5.74) is 0.737. The number of rotatable bonds is 5. The lowest BCUT2D eigenvalue weighted by Gasteiger charge is -2.03. The van der Waals surface area contributed by atoms with Gasteiger partial charge in [-0.1, -0.05) is 0 Å². The smallest absolute Gasteiger partial charge is 0.348 e. The Balaban J connectivity index is 2.05. The number of hydrogen-bond donors (Lipinski definition) is 1. The number of anilines is 1. The van der Waals surface area contributed by atoms with E-state index in [1.165, 1.54) is 10.9 Å². The second kappa shape index (κ2) is 6.82. The molecule has 0 aliphatic rings. The average Bonchev–Trinajstić information content (AvgIpc) is 3.05. The molecule has 1 amide bonds. The third kappa shape index (κ3) is 3.48. The van der Waals surface area contributed by atoms with E-state index in [1.54, 1.807) is 19.9 Å². The van der Waals surface area contributed by atoms with Gasteiger partial charge in [0.2, 0.25) is 11.7 Å². The minimum atomic E-state index is -0.406. The second-order valence-corrected chi connectivity index (χ2v) is 5.34. The number of esters is 1. The van der Waals surface area contributed by atoms with Gasteiger partial charge in [-0.15, -0.1) is 21.5 Å². The van der Waals surface area contributed by atoms with Crippen molar-refractivity contribution in [3.05, 3.63) is 28.7 Å². The molecule has 0 aromatic carbocycles. The molecule has 0 atom stereocenters. The minimum Gasteiger partial charge on any atom is -0.462 e. The first kappa shape index (κ1) is 15.7. The van der Waals surface area contributed by atoms with Crippen molar-refractivity contribution in [2.24, 2.45) is 0 Å². The maximum Gasteiger partial charge on any atom is 0.348 e. The quantitative estimate of drug-likeness (QED) is 0.833. The lowest BCUT2D eigenvalue weighted by molar-refractivity contribution is -0.116. The molecule has 0 aliphatic carbocycles. The molecule has 2 rings (SSSR count). The molecule has 0 fully saturated rings. The first-order valence-electron chi connectivity index (χ1n) is 6.40. The standard InChI is InChI=1S/C13H13N5O3S/c1-3-21-13(20)12-8(2)4-11(22-12)16-10(19)6-18-7-15-17-9(18)5-14/h4,7H,3,6H2,1-2H3,(H,16,19). The Morgan fingerprint density at radius 1 is 1.55 bits per heavy atom. The number of ether oxygens (including phenoxy) is 1. The zero-order chi connectivity index (χ0) is 16.1. The summed E-state index contributed by atoms with van der Waals surface area (Å²) in [4.78, 5) is 24.1. The highest BCUT2D eigenvalue weighted by Crippen LogP contribution is 2.27. The molecule has 2 heterocycles. The van der Waals surface area contributed by atoms with Crippen LogP contribution in [0.25, 0.3) is 0 Å². The molecule has 9 heteroatoms. The first-order chi connectivity index (χ1) is 10.5. The largest absolute Gasteiger partial charge is 0.462 e. The topological polar surface area (TPSA) is 110 Å². The molecule has 0 unspecified atom stereocenters. The van der Waals surface area contributed by atoms with Gasteiger partial charge in [-0.2, -0.15) is 5.26 Å². The number of carbonyl (C=O) groups is 2. The summed E-state index contributed by atoms with van der Waals surface area (Å²) in [6.45, 7) is 3.71. The molecule has 22 heavy (non-hydrogen) atoms. The predicted octanol–water partition coefficient (Wildman–Crippen LogP) is 1.34. The Kier molecular flexibility index (Phi) is 4.85. The number of hydrogen-bond acceptors (Lipinski definition) is 7. The lowest BCUT2D eigenvalue weighted by atomic mass is 10.3. The van der Waals surface area contributed by atoms with E-state index in [2.05, 4.69) is 15.5 Å². The summed E-state index contributed by atoms with van der Waals surface area (Å²) >= 11 is 1.15. The van der Waals surface area contributed by atoms with Crippen LogP contribution in [0.15, 0.2) is 12.4 Å². The number of amides is 1. The molecule has 8 nitrogen and oxygen atoms in total. The Bertz CT molecular complexity index is 743. The van der Waals surface area contributed by atoms with Gasteiger partial charge >= 0.3 is 5.97 Å². The lowest BCUT2D eigenvalue weighted by Crippen LogP contribution is -2.18. The van der Waals surface area contributed by atoms with E-state index in [9.17, 15) is 9.59 Å². The number of nitrogens with one attached hydrogen (secondary N) is 1. The van der Waals surface area contributed by atoms with E-state index in [1.807, 2.05) is 6.07 Å². The van der Waals surface area contributed by atoms with E-state index in [4.69, 9.17) is 10.00 Å². The summed E-state index contributed by atoms with van der Waals surface area (Å²) in [5, 5.41) is 19.2. The number of nitrogens with zero attached hydrogens (tertiary/aromatic N) is 4. The summed E-state index contributed by atoms with van der Waals surface area (Å²) in [5.74, 6) is -0.686. The van der Waals surface area contributed by atoms with Crippen LogP contribution in [0.5, 0.6) is 0 Å². The summed E-state index contributed by atoms with van der Waals surface area (Å²) in [7, 11) is 0. The van der Waals surface area contributed by atoms with Crippen LogP contribution < -0.4 is 5.32 Å². The molecular formula is C13H13N5O3S. The Labute approximate surface area is 130 Å². The molecule has 0 bridgehead atoms. The van der Waals surface area contributed by atoms with Gasteiger partial charge in [0.1, 0.15) is 23.8 Å². The molecule has 2 aromatic heterocycles. The fraction of sp³-hybridized carbons (Fsp3) is 0.308. The van der Waals surface area contributed by atoms with Crippen LogP contribution in [0.4, 0.5) is 5.00 Å².